The molecule has 0 spiro atoms. The fourth-order valence-electron chi connectivity index (χ4n) is 3.46. The van der Waals surface area contributed by atoms with E-state index >= 15 is 0 Å². The zero-order chi connectivity index (χ0) is 16.1. The zero-order valence-corrected chi connectivity index (χ0v) is 13.4. The lowest BCUT2D eigenvalue weighted by molar-refractivity contribution is -0.118. The van der Waals surface area contributed by atoms with Crippen LogP contribution < -0.4 is 5.32 Å². The summed E-state index contributed by atoms with van der Waals surface area (Å²) in [5, 5.41) is 12.4. The van der Waals surface area contributed by atoms with Gasteiger partial charge in [-0.3, -0.25) is 4.79 Å². The molecule has 0 atom stereocenters. The number of hydrogen-bond acceptors (Lipinski definition) is 3. The average molecular weight is 309 g/mol. The smallest absolute Gasteiger partial charge is 0.263 e. The molecule has 1 aromatic rings. The van der Waals surface area contributed by atoms with E-state index in [1.54, 1.807) is 6.20 Å². The second kappa shape index (κ2) is 7.32. The van der Waals surface area contributed by atoms with E-state index in [1.165, 1.54) is 30.4 Å². The molecule has 1 aliphatic heterocycles. The number of benzene rings is 1. The van der Waals surface area contributed by atoms with E-state index in [9.17, 15) is 10.1 Å². The Morgan fingerprint density at radius 1 is 1.22 bits per heavy atom. The van der Waals surface area contributed by atoms with Gasteiger partial charge in [0.25, 0.3) is 5.91 Å². The monoisotopic (exact) mass is 309 g/mol. The van der Waals surface area contributed by atoms with E-state index in [1.807, 2.05) is 6.07 Å². The molecule has 1 aromatic carbocycles. The standard InChI is InChI=1S/C19H23N3O/c20-12-17(19(23)21-18-8-2-1-3-9-18)14-22-11-10-15-6-4-5-7-16(15)13-22/h4-7,14,18H,1-3,8-11,13H2,(H,21,23)/b17-14-. The van der Waals surface area contributed by atoms with Crippen LogP contribution in [0.3, 0.4) is 0 Å². The molecule has 120 valence electrons. The van der Waals surface area contributed by atoms with Crippen molar-refractivity contribution in [3.05, 3.63) is 47.2 Å². The summed E-state index contributed by atoms with van der Waals surface area (Å²) in [6, 6.07) is 10.7. The molecule has 0 unspecified atom stereocenters. The summed E-state index contributed by atoms with van der Waals surface area (Å²) < 4.78 is 0. The minimum Gasteiger partial charge on any atom is -0.371 e. The Morgan fingerprint density at radius 3 is 2.70 bits per heavy atom. The topological polar surface area (TPSA) is 56.1 Å². The number of carbonyl (C=O) groups excluding carboxylic acids is 1. The number of hydrogen-bond donors (Lipinski definition) is 1. The average Bonchev–Trinajstić information content (AvgIpc) is 2.60. The third-order valence-electron chi connectivity index (χ3n) is 4.78. The van der Waals surface area contributed by atoms with Crippen LogP contribution in [0.15, 0.2) is 36.0 Å². The first kappa shape index (κ1) is 15.6. The fraction of sp³-hybridized carbons (Fsp3) is 0.474. The Bertz CT molecular complexity index is 638. The Balaban J connectivity index is 1.65. The van der Waals surface area contributed by atoms with E-state index in [2.05, 4.69) is 34.5 Å². The van der Waals surface area contributed by atoms with Gasteiger partial charge in [0.05, 0.1) is 0 Å². The molecule has 0 saturated heterocycles. The summed E-state index contributed by atoms with van der Waals surface area (Å²) in [4.78, 5) is 14.4. The van der Waals surface area contributed by atoms with Gasteiger partial charge in [0.15, 0.2) is 0 Å². The molecule has 4 heteroatoms. The molecule has 1 saturated carbocycles. The van der Waals surface area contributed by atoms with Gasteiger partial charge in [-0.1, -0.05) is 43.5 Å². The predicted molar refractivity (Wildman–Crippen MR) is 89.3 cm³/mol. The molecule has 1 amide bonds. The third-order valence-corrected chi connectivity index (χ3v) is 4.78. The number of fused-ring (bicyclic) bond motifs is 1. The molecule has 2 aliphatic rings. The molecular weight excluding hydrogens is 286 g/mol. The first-order valence-corrected chi connectivity index (χ1v) is 8.50. The predicted octanol–water partition coefficient (Wildman–Crippen LogP) is 2.90. The largest absolute Gasteiger partial charge is 0.371 e. The van der Waals surface area contributed by atoms with Crippen LogP contribution >= 0.6 is 0 Å². The number of amides is 1. The molecule has 4 nitrogen and oxygen atoms in total. The van der Waals surface area contributed by atoms with Crippen molar-refractivity contribution in [3.8, 4) is 6.07 Å². The maximum absolute atomic E-state index is 12.3. The Hall–Kier alpha value is -2.28. The number of nitriles is 1. The first-order valence-electron chi connectivity index (χ1n) is 8.50. The van der Waals surface area contributed by atoms with E-state index < -0.39 is 0 Å². The summed E-state index contributed by atoms with van der Waals surface area (Å²) in [5.41, 5.74) is 2.86. The van der Waals surface area contributed by atoms with E-state index in [4.69, 9.17) is 0 Å². The summed E-state index contributed by atoms with van der Waals surface area (Å²) in [6.45, 7) is 1.61. The molecular formula is C19H23N3O. The van der Waals surface area contributed by atoms with Crippen LogP contribution in [0.5, 0.6) is 0 Å². The lowest BCUT2D eigenvalue weighted by atomic mass is 9.95. The highest BCUT2D eigenvalue weighted by Crippen LogP contribution is 2.20. The molecule has 1 heterocycles. The SMILES string of the molecule is N#C/C(=C/N1CCc2ccccc2C1)C(=O)NC1CCCCC1. The third kappa shape index (κ3) is 3.92. The second-order valence-electron chi connectivity index (χ2n) is 6.45. The van der Waals surface area contributed by atoms with Crippen LogP contribution in [-0.2, 0) is 17.8 Å². The van der Waals surface area contributed by atoms with Gasteiger partial charge >= 0.3 is 0 Å². The van der Waals surface area contributed by atoms with Crippen molar-refractivity contribution in [3.63, 3.8) is 0 Å². The maximum Gasteiger partial charge on any atom is 0.263 e. The van der Waals surface area contributed by atoms with Gasteiger partial charge in [0, 0.05) is 25.3 Å². The van der Waals surface area contributed by atoms with Crippen molar-refractivity contribution in [1.82, 2.24) is 10.2 Å². The van der Waals surface area contributed by atoms with Crippen molar-refractivity contribution >= 4 is 5.91 Å². The Morgan fingerprint density at radius 2 is 1.96 bits per heavy atom. The lowest BCUT2D eigenvalue weighted by Gasteiger charge is -2.28. The molecule has 1 N–H and O–H groups in total. The van der Waals surface area contributed by atoms with Crippen LogP contribution in [0.1, 0.15) is 43.2 Å². The van der Waals surface area contributed by atoms with Crippen molar-refractivity contribution < 1.29 is 4.79 Å². The molecule has 3 rings (SSSR count). The van der Waals surface area contributed by atoms with Crippen LogP contribution in [-0.4, -0.2) is 23.4 Å². The second-order valence-corrected chi connectivity index (χ2v) is 6.45. The van der Waals surface area contributed by atoms with E-state index in [0.29, 0.717) is 0 Å². The van der Waals surface area contributed by atoms with Gasteiger partial charge < -0.3 is 10.2 Å². The first-order chi connectivity index (χ1) is 11.3. The van der Waals surface area contributed by atoms with Crippen LogP contribution in [0.4, 0.5) is 0 Å². The molecule has 23 heavy (non-hydrogen) atoms. The minimum absolute atomic E-state index is 0.218. The van der Waals surface area contributed by atoms with Gasteiger partial charge in [0.2, 0.25) is 0 Å². The maximum atomic E-state index is 12.3. The molecule has 0 radical (unpaired) electrons. The van der Waals surface area contributed by atoms with Gasteiger partial charge in [-0.2, -0.15) is 5.26 Å². The molecule has 1 fully saturated rings. The number of nitrogens with zero attached hydrogens (tertiary/aromatic N) is 2. The van der Waals surface area contributed by atoms with Gasteiger partial charge in [-0.15, -0.1) is 0 Å². The Labute approximate surface area is 137 Å². The van der Waals surface area contributed by atoms with Crippen molar-refractivity contribution in [1.29, 1.82) is 5.26 Å². The summed E-state index contributed by atoms with van der Waals surface area (Å²) >= 11 is 0. The van der Waals surface area contributed by atoms with Crippen molar-refractivity contribution in [2.24, 2.45) is 0 Å². The molecule has 0 bridgehead atoms. The minimum atomic E-state index is -0.224. The summed E-state index contributed by atoms with van der Waals surface area (Å²) in [6.07, 6.45) is 8.33. The van der Waals surface area contributed by atoms with Gasteiger partial charge in [0.1, 0.15) is 11.6 Å². The van der Waals surface area contributed by atoms with Gasteiger partial charge in [-0.05, 0) is 30.4 Å². The van der Waals surface area contributed by atoms with Crippen LogP contribution in [0, 0.1) is 11.3 Å². The van der Waals surface area contributed by atoms with Crippen molar-refractivity contribution in [2.45, 2.75) is 51.1 Å². The summed E-state index contributed by atoms with van der Waals surface area (Å²) in [5.74, 6) is -0.224. The highest BCUT2D eigenvalue weighted by molar-refractivity contribution is 5.97. The van der Waals surface area contributed by atoms with Crippen LogP contribution in [0.2, 0.25) is 0 Å². The van der Waals surface area contributed by atoms with E-state index in [-0.39, 0.29) is 17.5 Å². The molecule has 1 aliphatic carbocycles. The Kier molecular flexibility index (Phi) is 4.97. The zero-order valence-electron chi connectivity index (χ0n) is 13.4. The summed E-state index contributed by atoms with van der Waals surface area (Å²) in [7, 11) is 0. The number of nitrogens with one attached hydrogen (secondary N) is 1. The lowest BCUT2D eigenvalue weighted by Crippen LogP contribution is -2.37. The number of rotatable bonds is 3. The normalized spacial score (nSPS) is 18.9. The highest BCUT2D eigenvalue weighted by atomic mass is 16.1. The van der Waals surface area contributed by atoms with Crippen molar-refractivity contribution in [2.75, 3.05) is 6.54 Å². The highest BCUT2D eigenvalue weighted by Gasteiger charge is 2.20. The number of carbonyl (C=O) groups is 1. The quantitative estimate of drug-likeness (QED) is 0.690. The fourth-order valence-corrected chi connectivity index (χ4v) is 3.46. The van der Waals surface area contributed by atoms with E-state index in [0.717, 1.165) is 32.4 Å². The molecule has 0 aromatic heterocycles. The van der Waals surface area contributed by atoms with Crippen LogP contribution in [0.25, 0.3) is 0 Å². The van der Waals surface area contributed by atoms with Gasteiger partial charge in [-0.25, -0.2) is 0 Å².